The molecule has 0 radical (unpaired) electrons. The molecule has 20 heavy (non-hydrogen) atoms. The van der Waals surface area contributed by atoms with E-state index in [0.29, 0.717) is 17.0 Å². The Labute approximate surface area is 114 Å². The number of halogens is 3. The van der Waals surface area contributed by atoms with E-state index in [1.807, 2.05) is 0 Å². The van der Waals surface area contributed by atoms with Gasteiger partial charge in [0.1, 0.15) is 11.4 Å². The third kappa shape index (κ3) is 2.91. The highest BCUT2D eigenvalue weighted by atomic mass is 19.4. The van der Waals surface area contributed by atoms with Crippen molar-refractivity contribution in [2.75, 3.05) is 7.11 Å². The summed E-state index contributed by atoms with van der Waals surface area (Å²) in [6, 6.07) is 7.46. The molecule has 2 N–H and O–H groups in total. The Morgan fingerprint density at radius 2 is 1.80 bits per heavy atom. The van der Waals surface area contributed by atoms with Crippen LogP contribution in [-0.4, -0.2) is 12.1 Å². The molecule has 1 aromatic carbocycles. The number of rotatable bonds is 3. The molecule has 2 rings (SSSR count). The molecule has 0 aliphatic heterocycles. The highest BCUT2D eigenvalue weighted by molar-refractivity contribution is 5.37. The maximum Gasteiger partial charge on any atom is 0.416 e. The SMILES string of the molecule is COc1cccnc1[C@@H](N)c1ccc(C(F)(F)F)cc1. The fraction of sp³-hybridized carbons (Fsp3) is 0.214. The van der Waals surface area contributed by atoms with Crippen LogP contribution in [0.2, 0.25) is 0 Å². The summed E-state index contributed by atoms with van der Waals surface area (Å²) in [6.45, 7) is 0. The predicted octanol–water partition coefficient (Wildman–Crippen LogP) is 3.16. The van der Waals surface area contributed by atoms with Gasteiger partial charge < -0.3 is 10.5 Å². The molecule has 6 heteroatoms. The fourth-order valence-corrected chi connectivity index (χ4v) is 1.85. The molecule has 1 heterocycles. The lowest BCUT2D eigenvalue weighted by molar-refractivity contribution is -0.137. The Morgan fingerprint density at radius 1 is 1.15 bits per heavy atom. The van der Waals surface area contributed by atoms with Crippen molar-refractivity contribution in [1.82, 2.24) is 4.98 Å². The summed E-state index contributed by atoms with van der Waals surface area (Å²) >= 11 is 0. The van der Waals surface area contributed by atoms with Gasteiger partial charge >= 0.3 is 6.18 Å². The number of hydrogen-bond donors (Lipinski definition) is 1. The maximum absolute atomic E-state index is 12.5. The number of nitrogens with two attached hydrogens (primary N) is 1. The molecule has 0 fully saturated rings. The highest BCUT2D eigenvalue weighted by Gasteiger charge is 2.30. The van der Waals surface area contributed by atoms with Crippen LogP contribution in [0.25, 0.3) is 0 Å². The quantitative estimate of drug-likeness (QED) is 0.940. The van der Waals surface area contributed by atoms with E-state index < -0.39 is 17.8 Å². The zero-order valence-electron chi connectivity index (χ0n) is 10.7. The van der Waals surface area contributed by atoms with Crippen LogP contribution in [0.15, 0.2) is 42.6 Å². The second-order valence-electron chi connectivity index (χ2n) is 4.19. The van der Waals surface area contributed by atoms with Crippen molar-refractivity contribution in [1.29, 1.82) is 0 Å². The minimum Gasteiger partial charge on any atom is -0.495 e. The van der Waals surface area contributed by atoms with Crippen molar-refractivity contribution in [3.8, 4) is 5.75 Å². The molecule has 1 aromatic heterocycles. The zero-order valence-corrected chi connectivity index (χ0v) is 10.7. The number of alkyl halides is 3. The summed E-state index contributed by atoms with van der Waals surface area (Å²) in [5, 5.41) is 0. The van der Waals surface area contributed by atoms with Gasteiger partial charge in [-0.15, -0.1) is 0 Å². The summed E-state index contributed by atoms with van der Waals surface area (Å²) in [4.78, 5) is 4.12. The molecule has 0 spiro atoms. The molecular weight excluding hydrogens is 269 g/mol. The Bertz CT molecular complexity index is 582. The van der Waals surface area contributed by atoms with Gasteiger partial charge in [0, 0.05) is 6.20 Å². The first kappa shape index (κ1) is 14.3. The van der Waals surface area contributed by atoms with Crippen molar-refractivity contribution >= 4 is 0 Å². The molecule has 0 bridgehead atoms. The van der Waals surface area contributed by atoms with Gasteiger partial charge in [-0.2, -0.15) is 13.2 Å². The van der Waals surface area contributed by atoms with E-state index in [0.717, 1.165) is 12.1 Å². The van der Waals surface area contributed by atoms with Crippen LogP contribution in [0, 0.1) is 0 Å². The Kier molecular flexibility index (Phi) is 3.94. The topological polar surface area (TPSA) is 48.1 Å². The van der Waals surface area contributed by atoms with Crippen LogP contribution < -0.4 is 10.5 Å². The number of nitrogens with zero attached hydrogens (tertiary/aromatic N) is 1. The van der Waals surface area contributed by atoms with Crippen molar-refractivity contribution in [3.05, 3.63) is 59.4 Å². The molecule has 3 nitrogen and oxygen atoms in total. The number of benzene rings is 1. The van der Waals surface area contributed by atoms with Gasteiger partial charge in [-0.3, -0.25) is 4.98 Å². The van der Waals surface area contributed by atoms with Gasteiger partial charge in [0.2, 0.25) is 0 Å². The fourth-order valence-electron chi connectivity index (χ4n) is 1.85. The maximum atomic E-state index is 12.5. The number of aromatic nitrogens is 1. The molecule has 0 saturated carbocycles. The number of hydrogen-bond acceptors (Lipinski definition) is 3. The van der Waals surface area contributed by atoms with Crippen LogP contribution >= 0.6 is 0 Å². The van der Waals surface area contributed by atoms with E-state index >= 15 is 0 Å². The first-order chi connectivity index (χ1) is 9.43. The van der Waals surface area contributed by atoms with Crippen molar-refractivity contribution < 1.29 is 17.9 Å². The smallest absolute Gasteiger partial charge is 0.416 e. The Hall–Kier alpha value is -2.08. The molecule has 106 valence electrons. The first-order valence-corrected chi connectivity index (χ1v) is 5.85. The first-order valence-electron chi connectivity index (χ1n) is 5.85. The van der Waals surface area contributed by atoms with E-state index in [9.17, 15) is 13.2 Å². The summed E-state index contributed by atoms with van der Waals surface area (Å²) in [7, 11) is 1.49. The minimum atomic E-state index is -4.36. The van der Waals surface area contributed by atoms with Crippen molar-refractivity contribution in [2.45, 2.75) is 12.2 Å². The summed E-state index contributed by atoms with van der Waals surface area (Å²) in [5.41, 5.74) is 6.34. The Balaban J connectivity index is 2.32. The van der Waals surface area contributed by atoms with Gasteiger partial charge in [0.15, 0.2) is 0 Å². The third-order valence-electron chi connectivity index (χ3n) is 2.91. The normalized spacial score (nSPS) is 13.1. The van der Waals surface area contributed by atoms with Crippen LogP contribution in [0.5, 0.6) is 5.75 Å². The molecule has 1 atom stereocenters. The molecule has 0 amide bonds. The minimum absolute atomic E-state index is 0.481. The number of pyridine rings is 1. The lowest BCUT2D eigenvalue weighted by atomic mass is 10.0. The summed E-state index contributed by atoms with van der Waals surface area (Å²) in [6.07, 6.45) is -2.80. The Morgan fingerprint density at radius 3 is 2.35 bits per heavy atom. The van der Waals surface area contributed by atoms with Gasteiger partial charge in [-0.25, -0.2) is 0 Å². The largest absolute Gasteiger partial charge is 0.495 e. The number of methoxy groups -OCH3 is 1. The second kappa shape index (κ2) is 5.50. The molecule has 0 saturated heterocycles. The molecule has 0 aliphatic carbocycles. The average Bonchev–Trinajstić information content (AvgIpc) is 2.45. The van der Waals surface area contributed by atoms with Crippen LogP contribution in [-0.2, 0) is 6.18 Å². The molecule has 0 unspecified atom stereocenters. The van der Waals surface area contributed by atoms with E-state index in [1.165, 1.54) is 19.2 Å². The standard InChI is InChI=1S/C14H13F3N2O/c1-20-11-3-2-8-19-13(11)12(18)9-4-6-10(7-5-9)14(15,16)17/h2-8,12H,18H2,1H3/t12-/m0/s1. The van der Waals surface area contributed by atoms with Gasteiger partial charge in [0.25, 0.3) is 0 Å². The molecular formula is C14H13F3N2O. The van der Waals surface area contributed by atoms with Crippen LogP contribution in [0.3, 0.4) is 0 Å². The lowest BCUT2D eigenvalue weighted by Crippen LogP contribution is -2.15. The van der Waals surface area contributed by atoms with Gasteiger partial charge in [0.05, 0.1) is 18.7 Å². The van der Waals surface area contributed by atoms with Crippen molar-refractivity contribution in [3.63, 3.8) is 0 Å². The van der Waals surface area contributed by atoms with Crippen LogP contribution in [0.4, 0.5) is 13.2 Å². The van der Waals surface area contributed by atoms with Crippen molar-refractivity contribution in [2.24, 2.45) is 5.73 Å². The number of ether oxygens (including phenoxy) is 1. The lowest BCUT2D eigenvalue weighted by Gasteiger charge is -2.15. The third-order valence-corrected chi connectivity index (χ3v) is 2.91. The van der Waals surface area contributed by atoms with E-state index in [-0.39, 0.29) is 0 Å². The molecule has 0 aliphatic rings. The predicted molar refractivity (Wildman–Crippen MR) is 68.3 cm³/mol. The average molecular weight is 282 g/mol. The highest BCUT2D eigenvalue weighted by Crippen LogP contribution is 2.31. The van der Waals surface area contributed by atoms with Gasteiger partial charge in [-0.1, -0.05) is 12.1 Å². The van der Waals surface area contributed by atoms with E-state index in [2.05, 4.69) is 4.98 Å². The van der Waals surface area contributed by atoms with Crippen LogP contribution in [0.1, 0.15) is 22.9 Å². The van der Waals surface area contributed by atoms with E-state index in [1.54, 1.807) is 18.3 Å². The van der Waals surface area contributed by atoms with Gasteiger partial charge in [-0.05, 0) is 29.8 Å². The molecule has 2 aromatic rings. The summed E-state index contributed by atoms with van der Waals surface area (Å²) in [5.74, 6) is 0.500. The monoisotopic (exact) mass is 282 g/mol. The second-order valence-corrected chi connectivity index (χ2v) is 4.19. The summed E-state index contributed by atoms with van der Waals surface area (Å²) < 4.78 is 42.6. The zero-order chi connectivity index (χ0) is 14.8. The van der Waals surface area contributed by atoms with E-state index in [4.69, 9.17) is 10.5 Å².